The zero-order valence-corrected chi connectivity index (χ0v) is 50.0. The van der Waals surface area contributed by atoms with E-state index in [4.69, 9.17) is 34.1 Å². The van der Waals surface area contributed by atoms with Crippen molar-refractivity contribution in [3.8, 4) is 22.3 Å². The molecule has 0 spiro atoms. The van der Waals surface area contributed by atoms with Crippen LogP contribution in [0.25, 0.3) is 65.3 Å². The van der Waals surface area contributed by atoms with Gasteiger partial charge in [-0.3, -0.25) is 0 Å². The second-order valence-electron chi connectivity index (χ2n) is 19.5. The Balaban J connectivity index is 0.000000194. The average Bonchev–Trinajstić information content (AvgIpc) is 3.80. The van der Waals surface area contributed by atoms with Gasteiger partial charge < -0.3 is 22.6 Å². The molecular formula is C62H70Cl4SiZr2. The molecule has 0 atom stereocenters. The summed E-state index contributed by atoms with van der Waals surface area (Å²) in [6.45, 7) is 11.5. The predicted octanol–water partition coefficient (Wildman–Crippen LogP) is 21.2. The molecule has 358 valence electrons. The molecule has 2 saturated carbocycles. The van der Waals surface area contributed by atoms with E-state index in [1.165, 1.54) is 181 Å². The molecule has 0 aromatic heterocycles. The van der Waals surface area contributed by atoms with Gasteiger partial charge in [0.15, 0.2) is 0 Å². The van der Waals surface area contributed by atoms with Gasteiger partial charge in [0.05, 0.1) is 0 Å². The van der Waals surface area contributed by atoms with Crippen LogP contribution in [-0.2, 0) is 54.5 Å². The molecule has 2 fully saturated rings. The van der Waals surface area contributed by atoms with Crippen LogP contribution in [0.3, 0.4) is 0 Å². The minimum absolute atomic E-state index is 0.523. The fourth-order valence-electron chi connectivity index (χ4n) is 12.1. The van der Waals surface area contributed by atoms with Crippen molar-refractivity contribution >= 4 is 86.7 Å². The summed E-state index contributed by atoms with van der Waals surface area (Å²) in [5, 5.41) is 11.0. The van der Waals surface area contributed by atoms with Crippen LogP contribution in [0.4, 0.5) is 0 Å². The quantitative estimate of drug-likeness (QED) is 0.0727. The van der Waals surface area contributed by atoms with Crippen molar-refractivity contribution in [3.05, 3.63) is 170 Å². The number of rotatable bonds is 10. The van der Waals surface area contributed by atoms with E-state index in [9.17, 15) is 0 Å². The van der Waals surface area contributed by atoms with Gasteiger partial charge in [-0.15, -0.1) is 69.1 Å². The molecule has 0 unspecified atom stereocenters. The molecule has 0 saturated heterocycles. The van der Waals surface area contributed by atoms with Crippen LogP contribution < -0.4 is 0 Å². The van der Waals surface area contributed by atoms with E-state index >= 15 is 0 Å². The van der Waals surface area contributed by atoms with E-state index in [-0.39, 0.29) is 0 Å². The first kappa shape index (κ1) is 56.5. The zero-order valence-electron chi connectivity index (χ0n) is 41.0. The number of fused-ring (bicyclic) bond motifs is 4. The van der Waals surface area contributed by atoms with Gasteiger partial charge in [-0.25, -0.2) is 0 Å². The first-order chi connectivity index (χ1) is 33.8. The molecule has 0 bridgehead atoms. The Morgan fingerprint density at radius 2 is 0.754 bits per heavy atom. The molecule has 2 radical (unpaired) electrons. The standard InChI is InChI=1S/2C30H33.C2H4Si.4ClH.2Zr/c2*1-2-17-30(18-7-3-4-8-19-30)22-23-20-25-13-10-16-28(29(25)21-23)27-15-9-12-24-11-5-6-14-26(24)27;1-3-2;;;;;;/h2*5-6,9-16,20-21H,2-4,7-8,17-19,22H2,1H3;1-2H2;4*1H;;/q2*-1;-2;;;;;2*+4/p-4. The van der Waals surface area contributed by atoms with Crippen molar-refractivity contribution in [2.75, 3.05) is 0 Å². The van der Waals surface area contributed by atoms with E-state index in [1.54, 1.807) is 11.1 Å². The van der Waals surface area contributed by atoms with Gasteiger partial charge in [-0.1, -0.05) is 186 Å². The summed E-state index contributed by atoms with van der Waals surface area (Å²) >= 11 is -1.65. The number of benzene rings is 6. The van der Waals surface area contributed by atoms with Crippen molar-refractivity contribution in [1.29, 1.82) is 0 Å². The molecule has 8 aromatic rings. The molecule has 0 amide bonds. The first-order valence-corrected chi connectivity index (χ1v) is 39.4. The van der Waals surface area contributed by atoms with Crippen molar-refractivity contribution in [1.82, 2.24) is 0 Å². The number of halogens is 4. The monoisotopic (exact) mass is 1160 g/mol. The molecule has 8 aromatic carbocycles. The molecule has 2 aliphatic carbocycles. The van der Waals surface area contributed by atoms with Crippen molar-refractivity contribution in [2.45, 2.75) is 129 Å². The van der Waals surface area contributed by atoms with E-state index in [0.717, 1.165) is 0 Å². The molecule has 2 aliphatic rings. The third-order valence-corrected chi connectivity index (χ3v) is 14.8. The fraction of sp³-hybridized carbons (Fsp3) is 0.355. The zero-order chi connectivity index (χ0) is 48.9. The molecular weight excluding hydrogens is 1100 g/mol. The molecule has 7 heteroatoms. The van der Waals surface area contributed by atoms with Crippen molar-refractivity contribution in [2.24, 2.45) is 10.8 Å². The van der Waals surface area contributed by atoms with Gasteiger partial charge in [0.2, 0.25) is 0 Å². The first-order valence-electron chi connectivity index (χ1n) is 25.4. The van der Waals surface area contributed by atoms with Crippen LogP contribution in [0.2, 0.25) is 0 Å². The van der Waals surface area contributed by atoms with Crippen LogP contribution in [0.15, 0.2) is 146 Å². The number of hydrogen-bond acceptors (Lipinski definition) is 0. The normalized spacial score (nSPS) is 15.1. The summed E-state index contributed by atoms with van der Waals surface area (Å²) in [5.41, 5.74) is 9.61. The van der Waals surface area contributed by atoms with Crippen LogP contribution in [0, 0.1) is 23.9 Å². The fourth-order valence-corrected chi connectivity index (χ4v) is 12.1. The van der Waals surface area contributed by atoms with Gasteiger partial charge in [0.25, 0.3) is 0 Å². The van der Waals surface area contributed by atoms with Crippen LogP contribution in [0.5, 0.6) is 0 Å². The maximum atomic E-state index is 4.93. The van der Waals surface area contributed by atoms with E-state index < -0.39 is 41.7 Å². The molecule has 0 N–H and O–H groups in total. The Labute approximate surface area is 455 Å². The van der Waals surface area contributed by atoms with E-state index in [0.29, 0.717) is 20.3 Å². The second kappa shape index (κ2) is 29.8. The Bertz CT molecular complexity index is 2540. The van der Waals surface area contributed by atoms with Gasteiger partial charge in [0, 0.05) is 0 Å². The van der Waals surface area contributed by atoms with Crippen LogP contribution >= 0.6 is 34.1 Å². The third-order valence-electron chi connectivity index (χ3n) is 14.8. The van der Waals surface area contributed by atoms with Gasteiger partial charge in [-0.2, -0.15) is 12.1 Å². The topological polar surface area (TPSA) is 0 Å². The molecule has 69 heavy (non-hydrogen) atoms. The Morgan fingerprint density at radius 1 is 0.449 bits per heavy atom. The summed E-state index contributed by atoms with van der Waals surface area (Å²) < 4.78 is 0. The minimum atomic E-state index is -0.826. The molecule has 0 aliphatic heterocycles. The maximum absolute atomic E-state index is 4.93. The summed E-state index contributed by atoms with van der Waals surface area (Å²) in [5.74, 6) is 0. The summed E-state index contributed by atoms with van der Waals surface area (Å²) in [6, 6.07) is 54.6. The van der Waals surface area contributed by atoms with Crippen LogP contribution in [0.1, 0.15) is 128 Å². The van der Waals surface area contributed by atoms with Crippen molar-refractivity contribution in [3.63, 3.8) is 0 Å². The van der Waals surface area contributed by atoms with Gasteiger partial charge in [-0.05, 0) is 94.9 Å². The molecule has 0 nitrogen and oxygen atoms in total. The SMILES string of the molecule is CCCC1(Cc2cc3c(-c4cccc5ccccc45)cccc3[cH-]2)CCCCCC1.CCCC1(Cc2cc3c(-c4cccc5ccccc45)cccc3[cH-]2)CCCCCC1.[CH2-][Si][CH2-].[Cl][Zr+2][Cl].[Cl][Zr+2][Cl]. The third kappa shape index (κ3) is 15.6. The molecule has 10 rings (SSSR count). The summed E-state index contributed by atoms with van der Waals surface area (Å²) in [7, 11) is 20.3. The van der Waals surface area contributed by atoms with Gasteiger partial charge >= 0.3 is 75.7 Å². The molecule has 0 heterocycles. The van der Waals surface area contributed by atoms with Gasteiger partial charge in [0.1, 0.15) is 0 Å². The van der Waals surface area contributed by atoms with Crippen molar-refractivity contribution < 1.29 is 41.7 Å². The Hall–Kier alpha value is -1.80. The average molecular weight is 1170 g/mol. The Kier molecular flexibility index (Phi) is 24.4. The summed E-state index contributed by atoms with van der Waals surface area (Å²) in [6.07, 6.45) is 24.9. The number of hydrogen-bond donors (Lipinski definition) is 0. The summed E-state index contributed by atoms with van der Waals surface area (Å²) in [4.78, 5) is 0. The van der Waals surface area contributed by atoms with E-state index in [2.05, 4.69) is 173 Å². The van der Waals surface area contributed by atoms with Crippen LogP contribution in [-0.4, -0.2) is 9.52 Å². The second-order valence-corrected chi connectivity index (χ2v) is 27.4. The van der Waals surface area contributed by atoms with E-state index in [1.807, 2.05) is 0 Å². The predicted molar refractivity (Wildman–Crippen MR) is 302 cm³/mol. The Morgan fingerprint density at radius 3 is 1.10 bits per heavy atom.